The number of hydrogen-bond donors (Lipinski definition) is 1. The van der Waals surface area contributed by atoms with E-state index in [9.17, 15) is 4.79 Å². The Balaban J connectivity index is 1.99. The van der Waals surface area contributed by atoms with Gasteiger partial charge in [-0.3, -0.25) is 4.79 Å². The van der Waals surface area contributed by atoms with Gasteiger partial charge in [0.05, 0.1) is 6.61 Å². The number of methoxy groups -OCH3 is 1. The van der Waals surface area contributed by atoms with E-state index in [2.05, 4.69) is 5.32 Å². The third-order valence-electron chi connectivity index (χ3n) is 3.67. The molecule has 23 heavy (non-hydrogen) atoms. The molecule has 0 spiro atoms. The molecule has 2 rings (SSSR count). The smallest absolute Gasteiger partial charge is 0.265 e. The van der Waals surface area contributed by atoms with Gasteiger partial charge in [0.25, 0.3) is 5.91 Å². The number of aryl methyl sites for hydroxylation is 2. The second kappa shape index (κ2) is 7.79. The van der Waals surface area contributed by atoms with Crippen LogP contribution in [0, 0.1) is 13.8 Å². The van der Waals surface area contributed by atoms with Crippen LogP contribution in [0.1, 0.15) is 23.6 Å². The number of carbonyl (C=O) groups is 1. The summed E-state index contributed by atoms with van der Waals surface area (Å²) >= 11 is 0. The Labute approximate surface area is 137 Å². The van der Waals surface area contributed by atoms with Gasteiger partial charge in [-0.1, -0.05) is 18.2 Å². The predicted octanol–water partition coefficient (Wildman–Crippen LogP) is 3.86. The molecule has 0 saturated carbocycles. The summed E-state index contributed by atoms with van der Waals surface area (Å²) in [6, 6.07) is 13.4. The molecule has 0 aliphatic rings. The Bertz CT molecular complexity index is 682. The van der Waals surface area contributed by atoms with Gasteiger partial charge in [-0.15, -0.1) is 0 Å². The lowest BCUT2D eigenvalue weighted by atomic mass is 10.1. The molecule has 0 unspecified atom stereocenters. The van der Waals surface area contributed by atoms with E-state index in [1.807, 2.05) is 56.3 Å². The molecule has 4 heteroatoms. The highest BCUT2D eigenvalue weighted by Gasteiger charge is 2.15. The molecule has 0 saturated heterocycles. The Hall–Kier alpha value is -2.33. The summed E-state index contributed by atoms with van der Waals surface area (Å²) in [6.45, 7) is 6.32. The Morgan fingerprint density at radius 2 is 1.91 bits per heavy atom. The average molecular weight is 313 g/mol. The molecular weight excluding hydrogens is 290 g/mol. The number of rotatable bonds is 6. The predicted molar refractivity (Wildman–Crippen MR) is 91.8 cm³/mol. The van der Waals surface area contributed by atoms with Crippen molar-refractivity contribution in [1.29, 1.82) is 0 Å². The minimum absolute atomic E-state index is 0.183. The molecule has 2 aromatic carbocycles. The quantitative estimate of drug-likeness (QED) is 0.881. The monoisotopic (exact) mass is 313 g/mol. The number of ether oxygens (including phenoxy) is 2. The van der Waals surface area contributed by atoms with E-state index < -0.39 is 6.10 Å². The fourth-order valence-corrected chi connectivity index (χ4v) is 2.19. The second-order valence-corrected chi connectivity index (χ2v) is 5.63. The van der Waals surface area contributed by atoms with E-state index in [0.29, 0.717) is 12.4 Å². The molecule has 2 aromatic rings. The van der Waals surface area contributed by atoms with Gasteiger partial charge in [0, 0.05) is 12.8 Å². The maximum absolute atomic E-state index is 12.3. The summed E-state index contributed by atoms with van der Waals surface area (Å²) in [6.07, 6.45) is -0.580. The number of hydrogen-bond acceptors (Lipinski definition) is 3. The molecule has 1 N–H and O–H groups in total. The molecule has 0 heterocycles. The third kappa shape index (κ3) is 4.83. The SMILES string of the molecule is COCc1cccc(NC(=O)[C@@H](C)Oc2ccc(C)c(C)c2)c1. The zero-order valence-corrected chi connectivity index (χ0v) is 14.1. The molecular formula is C19H23NO3. The van der Waals surface area contributed by atoms with Crippen LogP contribution in [0.15, 0.2) is 42.5 Å². The fourth-order valence-electron chi connectivity index (χ4n) is 2.19. The summed E-state index contributed by atoms with van der Waals surface area (Å²) in [5, 5.41) is 2.87. The van der Waals surface area contributed by atoms with Gasteiger partial charge >= 0.3 is 0 Å². The number of nitrogens with one attached hydrogen (secondary N) is 1. The fraction of sp³-hybridized carbons (Fsp3) is 0.316. The van der Waals surface area contributed by atoms with Gasteiger partial charge in [-0.05, 0) is 61.7 Å². The van der Waals surface area contributed by atoms with Gasteiger partial charge in [0.15, 0.2) is 6.10 Å². The first-order valence-electron chi connectivity index (χ1n) is 7.62. The normalized spacial score (nSPS) is 11.8. The molecule has 4 nitrogen and oxygen atoms in total. The number of benzene rings is 2. The minimum Gasteiger partial charge on any atom is -0.481 e. The molecule has 122 valence electrons. The number of amides is 1. The molecule has 1 atom stereocenters. The van der Waals surface area contributed by atoms with Crippen LogP contribution < -0.4 is 10.1 Å². The van der Waals surface area contributed by atoms with Crippen LogP contribution >= 0.6 is 0 Å². The van der Waals surface area contributed by atoms with Crippen molar-refractivity contribution in [3.05, 3.63) is 59.2 Å². The summed E-state index contributed by atoms with van der Waals surface area (Å²) in [4.78, 5) is 12.3. The van der Waals surface area contributed by atoms with E-state index in [0.717, 1.165) is 16.8 Å². The van der Waals surface area contributed by atoms with Crippen molar-refractivity contribution in [3.8, 4) is 5.75 Å². The van der Waals surface area contributed by atoms with Crippen LogP contribution in [0.4, 0.5) is 5.69 Å². The third-order valence-corrected chi connectivity index (χ3v) is 3.67. The lowest BCUT2D eigenvalue weighted by Gasteiger charge is -2.16. The van der Waals surface area contributed by atoms with E-state index >= 15 is 0 Å². The van der Waals surface area contributed by atoms with Crippen LogP contribution in [-0.4, -0.2) is 19.1 Å². The zero-order valence-electron chi connectivity index (χ0n) is 14.1. The molecule has 0 radical (unpaired) electrons. The minimum atomic E-state index is -0.580. The second-order valence-electron chi connectivity index (χ2n) is 5.63. The van der Waals surface area contributed by atoms with E-state index in [4.69, 9.17) is 9.47 Å². The molecule has 0 bridgehead atoms. The van der Waals surface area contributed by atoms with Gasteiger partial charge in [-0.25, -0.2) is 0 Å². The van der Waals surface area contributed by atoms with Crippen molar-refractivity contribution in [2.45, 2.75) is 33.5 Å². The highest BCUT2D eigenvalue weighted by atomic mass is 16.5. The number of carbonyl (C=O) groups excluding carboxylic acids is 1. The van der Waals surface area contributed by atoms with Crippen LogP contribution in [0.2, 0.25) is 0 Å². The van der Waals surface area contributed by atoms with Gasteiger partial charge in [0.1, 0.15) is 5.75 Å². The van der Waals surface area contributed by atoms with Gasteiger partial charge in [0.2, 0.25) is 0 Å². The lowest BCUT2D eigenvalue weighted by molar-refractivity contribution is -0.122. The summed E-state index contributed by atoms with van der Waals surface area (Å²) in [5.41, 5.74) is 4.08. The Morgan fingerprint density at radius 3 is 2.61 bits per heavy atom. The molecule has 0 aromatic heterocycles. The van der Waals surface area contributed by atoms with Crippen molar-refractivity contribution >= 4 is 11.6 Å². The van der Waals surface area contributed by atoms with Crippen molar-refractivity contribution in [2.75, 3.05) is 12.4 Å². The molecule has 0 fully saturated rings. The lowest BCUT2D eigenvalue weighted by Crippen LogP contribution is -2.30. The average Bonchev–Trinajstić information content (AvgIpc) is 2.51. The summed E-state index contributed by atoms with van der Waals surface area (Å²) in [5.74, 6) is 0.515. The van der Waals surface area contributed by atoms with E-state index in [-0.39, 0.29) is 5.91 Å². The van der Waals surface area contributed by atoms with E-state index in [1.54, 1.807) is 14.0 Å². The highest BCUT2D eigenvalue weighted by Crippen LogP contribution is 2.18. The summed E-state index contributed by atoms with van der Waals surface area (Å²) in [7, 11) is 1.64. The first-order chi connectivity index (χ1) is 11.0. The Morgan fingerprint density at radius 1 is 1.13 bits per heavy atom. The number of anilines is 1. The van der Waals surface area contributed by atoms with Gasteiger partial charge in [-0.2, -0.15) is 0 Å². The largest absolute Gasteiger partial charge is 0.481 e. The van der Waals surface area contributed by atoms with Crippen molar-refractivity contribution in [1.82, 2.24) is 0 Å². The van der Waals surface area contributed by atoms with E-state index in [1.165, 1.54) is 5.56 Å². The standard InChI is InChI=1S/C19H23NO3/c1-13-8-9-18(10-14(13)2)23-15(3)19(21)20-17-7-5-6-16(11-17)12-22-4/h5-11,15H,12H2,1-4H3,(H,20,21)/t15-/m1/s1. The van der Waals surface area contributed by atoms with Gasteiger partial charge < -0.3 is 14.8 Å². The van der Waals surface area contributed by atoms with Crippen LogP contribution in [0.25, 0.3) is 0 Å². The zero-order chi connectivity index (χ0) is 16.8. The topological polar surface area (TPSA) is 47.6 Å². The highest BCUT2D eigenvalue weighted by molar-refractivity contribution is 5.94. The molecule has 0 aliphatic heterocycles. The maximum atomic E-state index is 12.3. The van der Waals surface area contributed by atoms with Crippen molar-refractivity contribution < 1.29 is 14.3 Å². The van der Waals surface area contributed by atoms with Crippen LogP contribution in [-0.2, 0) is 16.1 Å². The first kappa shape index (κ1) is 17.0. The van der Waals surface area contributed by atoms with Crippen molar-refractivity contribution in [2.24, 2.45) is 0 Å². The molecule has 0 aliphatic carbocycles. The Kier molecular flexibility index (Phi) is 5.77. The molecule has 1 amide bonds. The van der Waals surface area contributed by atoms with Crippen LogP contribution in [0.3, 0.4) is 0 Å². The maximum Gasteiger partial charge on any atom is 0.265 e. The van der Waals surface area contributed by atoms with Crippen molar-refractivity contribution in [3.63, 3.8) is 0 Å². The van der Waals surface area contributed by atoms with Crippen LogP contribution in [0.5, 0.6) is 5.75 Å². The first-order valence-corrected chi connectivity index (χ1v) is 7.62. The summed E-state index contributed by atoms with van der Waals surface area (Å²) < 4.78 is 10.8.